The minimum absolute atomic E-state index is 0.0808. The summed E-state index contributed by atoms with van der Waals surface area (Å²) in [6.45, 7) is 0.459. The molecule has 1 aliphatic rings. The van der Waals surface area contributed by atoms with Crippen molar-refractivity contribution in [1.29, 1.82) is 5.41 Å². The number of nitrogens with two attached hydrogens (primary N) is 1. The Morgan fingerprint density at radius 3 is 2.36 bits per heavy atom. The molecule has 3 rings (SSSR count). The topological polar surface area (TPSA) is 114 Å². The Balaban J connectivity index is 1.76. The molecule has 2 aromatic carbocycles. The molecule has 7 nitrogen and oxygen atoms in total. The molecule has 1 fully saturated rings. The first kappa shape index (κ1) is 19.3. The van der Waals surface area contributed by atoms with E-state index >= 15 is 0 Å². The van der Waals surface area contributed by atoms with Gasteiger partial charge in [0.05, 0.1) is 6.04 Å². The van der Waals surface area contributed by atoms with Crippen LogP contribution in [0.3, 0.4) is 0 Å². The number of likely N-dealkylation sites (tertiary alicyclic amines) is 1. The first-order chi connectivity index (χ1) is 13.5. The van der Waals surface area contributed by atoms with Crippen molar-refractivity contribution in [2.24, 2.45) is 11.7 Å². The Bertz CT molecular complexity index is 880. The van der Waals surface area contributed by atoms with Crippen molar-refractivity contribution in [3.63, 3.8) is 0 Å². The third-order valence-electron chi connectivity index (χ3n) is 4.80. The van der Waals surface area contributed by atoms with Crippen molar-refractivity contribution in [2.75, 3.05) is 6.54 Å². The molecule has 3 N–H and O–H groups in total. The predicted molar refractivity (Wildman–Crippen MR) is 103 cm³/mol. The summed E-state index contributed by atoms with van der Waals surface area (Å²) in [5.41, 5.74) is 6.37. The molecule has 1 aliphatic heterocycles. The Morgan fingerprint density at radius 2 is 1.75 bits per heavy atom. The third kappa shape index (κ3) is 4.09. The quantitative estimate of drug-likeness (QED) is 0.199. The second kappa shape index (κ2) is 8.47. The van der Waals surface area contributed by atoms with Crippen LogP contribution in [0.4, 0.5) is 0 Å². The fourth-order valence-electron chi connectivity index (χ4n) is 3.35. The predicted octanol–water partition coefficient (Wildman–Crippen LogP) is 2.00. The lowest BCUT2D eigenvalue weighted by Gasteiger charge is -2.28. The highest BCUT2D eigenvalue weighted by molar-refractivity contribution is 5.99. The molecule has 0 aliphatic carbocycles. The van der Waals surface area contributed by atoms with Crippen molar-refractivity contribution in [1.82, 2.24) is 4.90 Å². The van der Waals surface area contributed by atoms with Crippen molar-refractivity contribution in [3.8, 4) is 5.75 Å². The SMILES string of the molecule is N=C(N)c1ccc(C(=O)N2CCCC2C(C=O)C(=O)Oc2ccccc2)cc1. The number of nitrogens with one attached hydrogen (secondary N) is 1. The van der Waals surface area contributed by atoms with Crippen molar-refractivity contribution < 1.29 is 19.1 Å². The molecule has 2 unspecified atom stereocenters. The number of aldehydes is 1. The monoisotopic (exact) mass is 379 g/mol. The van der Waals surface area contributed by atoms with E-state index in [4.69, 9.17) is 15.9 Å². The zero-order valence-corrected chi connectivity index (χ0v) is 15.2. The second-order valence-electron chi connectivity index (χ2n) is 6.60. The van der Waals surface area contributed by atoms with Crippen LogP contribution in [0.2, 0.25) is 0 Å². The van der Waals surface area contributed by atoms with Gasteiger partial charge in [0.1, 0.15) is 23.8 Å². The maximum Gasteiger partial charge on any atom is 0.323 e. The number of carbonyl (C=O) groups is 3. The van der Waals surface area contributed by atoms with E-state index in [2.05, 4.69) is 0 Å². The second-order valence-corrected chi connectivity index (χ2v) is 6.60. The maximum atomic E-state index is 12.9. The van der Waals surface area contributed by atoms with Gasteiger partial charge in [-0.05, 0) is 37.1 Å². The van der Waals surface area contributed by atoms with Gasteiger partial charge < -0.3 is 20.2 Å². The molecular formula is C21H21N3O4. The zero-order chi connectivity index (χ0) is 20.1. The Morgan fingerprint density at radius 1 is 1.11 bits per heavy atom. The fourth-order valence-corrected chi connectivity index (χ4v) is 3.35. The highest BCUT2D eigenvalue weighted by Gasteiger charge is 2.39. The largest absolute Gasteiger partial charge is 0.426 e. The van der Waals surface area contributed by atoms with E-state index in [1.165, 1.54) is 0 Å². The molecule has 1 saturated heterocycles. The molecule has 2 aromatic rings. The van der Waals surface area contributed by atoms with Crippen LogP contribution in [-0.4, -0.2) is 41.5 Å². The highest BCUT2D eigenvalue weighted by atomic mass is 16.5. The molecule has 144 valence electrons. The van der Waals surface area contributed by atoms with E-state index in [0.717, 1.165) is 0 Å². The Kier molecular flexibility index (Phi) is 5.84. The zero-order valence-electron chi connectivity index (χ0n) is 15.2. The van der Waals surface area contributed by atoms with Crippen LogP contribution in [0.1, 0.15) is 28.8 Å². The van der Waals surface area contributed by atoms with Gasteiger partial charge in [-0.2, -0.15) is 0 Å². The minimum Gasteiger partial charge on any atom is -0.426 e. The molecule has 7 heteroatoms. The molecule has 28 heavy (non-hydrogen) atoms. The van der Waals surface area contributed by atoms with E-state index in [0.29, 0.717) is 42.5 Å². The van der Waals surface area contributed by atoms with Gasteiger partial charge in [0, 0.05) is 17.7 Å². The van der Waals surface area contributed by atoms with E-state index in [1.807, 2.05) is 0 Å². The van der Waals surface area contributed by atoms with Gasteiger partial charge in [-0.25, -0.2) is 0 Å². The van der Waals surface area contributed by atoms with Crippen molar-refractivity contribution >= 4 is 24.0 Å². The van der Waals surface area contributed by atoms with Gasteiger partial charge in [-0.15, -0.1) is 0 Å². The lowest BCUT2D eigenvalue weighted by molar-refractivity contribution is -0.142. The number of benzene rings is 2. The Labute approximate surface area is 162 Å². The van der Waals surface area contributed by atoms with Gasteiger partial charge in [-0.1, -0.05) is 30.3 Å². The van der Waals surface area contributed by atoms with Crippen LogP contribution >= 0.6 is 0 Å². The number of ether oxygens (including phenoxy) is 1. The highest BCUT2D eigenvalue weighted by Crippen LogP contribution is 2.27. The fraction of sp³-hybridized carbons (Fsp3) is 0.238. The summed E-state index contributed by atoms with van der Waals surface area (Å²) in [4.78, 5) is 38.7. The first-order valence-electron chi connectivity index (χ1n) is 8.98. The van der Waals surface area contributed by atoms with Crippen LogP contribution in [0.5, 0.6) is 5.75 Å². The number of amidine groups is 1. The van der Waals surface area contributed by atoms with Gasteiger partial charge in [-0.3, -0.25) is 15.0 Å². The van der Waals surface area contributed by atoms with Crippen LogP contribution in [0, 0.1) is 11.3 Å². The van der Waals surface area contributed by atoms with Crippen molar-refractivity contribution in [3.05, 3.63) is 65.7 Å². The molecule has 0 aromatic heterocycles. The number of hydrogen-bond acceptors (Lipinski definition) is 5. The summed E-state index contributed by atoms with van der Waals surface area (Å²) in [6.07, 6.45) is 1.80. The molecule has 1 amide bonds. The lowest BCUT2D eigenvalue weighted by atomic mass is 9.98. The van der Waals surface area contributed by atoms with Crippen molar-refractivity contribution in [2.45, 2.75) is 18.9 Å². The number of nitrogens with zero attached hydrogens (tertiary/aromatic N) is 1. The molecular weight excluding hydrogens is 358 g/mol. The molecule has 2 atom stereocenters. The average molecular weight is 379 g/mol. The van der Waals surface area contributed by atoms with E-state index in [1.54, 1.807) is 59.5 Å². The number of esters is 1. The number of carbonyl (C=O) groups excluding carboxylic acids is 3. The smallest absolute Gasteiger partial charge is 0.323 e. The summed E-state index contributed by atoms with van der Waals surface area (Å²) >= 11 is 0. The summed E-state index contributed by atoms with van der Waals surface area (Å²) in [7, 11) is 0. The van der Waals surface area contributed by atoms with Gasteiger partial charge >= 0.3 is 5.97 Å². The number of hydrogen-bond donors (Lipinski definition) is 2. The molecule has 1 heterocycles. The third-order valence-corrected chi connectivity index (χ3v) is 4.80. The minimum atomic E-state index is -1.05. The Hall–Kier alpha value is -3.48. The van der Waals surface area contributed by atoms with E-state index in [-0.39, 0.29) is 11.7 Å². The summed E-state index contributed by atoms with van der Waals surface area (Å²) < 4.78 is 5.31. The lowest BCUT2D eigenvalue weighted by Crippen LogP contribution is -2.44. The first-order valence-corrected chi connectivity index (χ1v) is 8.98. The standard InChI is InChI=1S/C21H21N3O4/c22-19(23)14-8-10-15(11-9-14)20(26)24-12-4-7-18(24)17(13-25)21(27)28-16-5-2-1-3-6-16/h1-3,5-6,8-11,13,17-18H,4,7,12H2,(H3,22,23). The molecule has 0 spiro atoms. The van der Waals surface area contributed by atoms with E-state index in [9.17, 15) is 14.4 Å². The molecule has 0 radical (unpaired) electrons. The number of nitrogen functional groups attached to an aromatic ring is 1. The van der Waals surface area contributed by atoms with Crippen LogP contribution < -0.4 is 10.5 Å². The van der Waals surface area contributed by atoms with Crippen LogP contribution in [0.15, 0.2) is 54.6 Å². The maximum absolute atomic E-state index is 12.9. The van der Waals surface area contributed by atoms with Crippen LogP contribution in [-0.2, 0) is 9.59 Å². The van der Waals surface area contributed by atoms with Gasteiger partial charge in [0.2, 0.25) is 0 Å². The molecule has 0 saturated carbocycles. The normalized spacial score (nSPS) is 17.0. The van der Waals surface area contributed by atoms with Gasteiger partial charge in [0.25, 0.3) is 5.91 Å². The number of rotatable bonds is 6. The average Bonchev–Trinajstić information content (AvgIpc) is 3.18. The summed E-state index contributed by atoms with van der Waals surface area (Å²) in [6, 6.07) is 14.4. The van der Waals surface area contributed by atoms with E-state index < -0.39 is 17.9 Å². The molecule has 0 bridgehead atoms. The van der Waals surface area contributed by atoms with Gasteiger partial charge in [0.15, 0.2) is 0 Å². The summed E-state index contributed by atoms with van der Waals surface area (Å²) in [5, 5.41) is 7.42. The summed E-state index contributed by atoms with van der Waals surface area (Å²) in [5.74, 6) is -1.71. The number of amides is 1. The van der Waals surface area contributed by atoms with Crippen LogP contribution in [0.25, 0.3) is 0 Å². The number of para-hydroxylation sites is 1.